The SMILES string of the molecule is COc1ccc(C)cc1CNCC1(SC)CCCCC1. The van der Waals surface area contributed by atoms with E-state index in [1.807, 2.05) is 11.8 Å². The molecule has 1 aromatic carbocycles. The lowest BCUT2D eigenvalue weighted by atomic mass is 9.88. The third-order valence-corrected chi connectivity index (χ3v) is 5.81. The Balaban J connectivity index is 1.93. The molecule has 0 atom stereocenters. The van der Waals surface area contributed by atoms with E-state index in [1.54, 1.807) is 7.11 Å². The summed E-state index contributed by atoms with van der Waals surface area (Å²) in [7, 11) is 1.75. The first-order valence-electron chi connectivity index (χ1n) is 7.58. The minimum Gasteiger partial charge on any atom is -0.496 e. The van der Waals surface area contributed by atoms with E-state index in [1.165, 1.54) is 43.2 Å². The predicted octanol–water partition coefficient (Wildman–Crippen LogP) is 4.16. The number of hydrogen-bond donors (Lipinski definition) is 1. The molecule has 2 nitrogen and oxygen atoms in total. The highest BCUT2D eigenvalue weighted by Gasteiger charge is 2.30. The molecule has 112 valence electrons. The van der Waals surface area contributed by atoms with Crippen LogP contribution in [0.25, 0.3) is 0 Å². The van der Waals surface area contributed by atoms with E-state index in [0.717, 1.165) is 18.8 Å². The smallest absolute Gasteiger partial charge is 0.123 e. The summed E-state index contributed by atoms with van der Waals surface area (Å²) in [6.45, 7) is 4.13. The highest BCUT2D eigenvalue weighted by Crippen LogP contribution is 2.38. The highest BCUT2D eigenvalue weighted by molar-refractivity contribution is 8.00. The summed E-state index contributed by atoms with van der Waals surface area (Å²) < 4.78 is 5.90. The molecule has 0 saturated heterocycles. The summed E-state index contributed by atoms with van der Waals surface area (Å²) in [6, 6.07) is 6.39. The van der Waals surface area contributed by atoms with Gasteiger partial charge in [0.2, 0.25) is 0 Å². The lowest BCUT2D eigenvalue weighted by Gasteiger charge is -2.36. The van der Waals surface area contributed by atoms with Crippen LogP contribution in [0, 0.1) is 6.92 Å². The monoisotopic (exact) mass is 293 g/mol. The molecule has 2 rings (SSSR count). The molecule has 0 aliphatic heterocycles. The van der Waals surface area contributed by atoms with Crippen LogP contribution in [0.4, 0.5) is 0 Å². The zero-order chi connectivity index (χ0) is 14.4. The molecule has 0 aromatic heterocycles. The Labute approximate surface area is 127 Å². The van der Waals surface area contributed by atoms with Crippen LogP contribution in [-0.4, -0.2) is 24.7 Å². The molecule has 0 spiro atoms. The maximum atomic E-state index is 5.45. The van der Waals surface area contributed by atoms with E-state index in [2.05, 4.69) is 36.7 Å². The summed E-state index contributed by atoms with van der Waals surface area (Å²) >= 11 is 2.05. The van der Waals surface area contributed by atoms with Gasteiger partial charge in [-0.3, -0.25) is 0 Å². The standard InChI is InChI=1S/C17H27NOS/c1-14-7-8-16(19-2)15(11-14)12-18-13-17(20-3)9-5-4-6-10-17/h7-8,11,18H,4-6,9-10,12-13H2,1-3H3. The van der Waals surface area contributed by atoms with Crippen molar-refractivity contribution in [2.75, 3.05) is 19.9 Å². The Morgan fingerprint density at radius 2 is 2.00 bits per heavy atom. The van der Waals surface area contributed by atoms with E-state index < -0.39 is 0 Å². The fourth-order valence-electron chi connectivity index (χ4n) is 3.12. The number of aryl methyl sites for hydroxylation is 1. The number of hydrogen-bond acceptors (Lipinski definition) is 3. The average molecular weight is 293 g/mol. The molecule has 1 aromatic rings. The van der Waals surface area contributed by atoms with Gasteiger partial charge in [0.15, 0.2) is 0 Å². The number of nitrogens with one attached hydrogen (secondary N) is 1. The van der Waals surface area contributed by atoms with Crippen LogP contribution in [0.15, 0.2) is 18.2 Å². The minimum absolute atomic E-state index is 0.454. The number of ether oxygens (including phenoxy) is 1. The maximum absolute atomic E-state index is 5.45. The van der Waals surface area contributed by atoms with Crippen LogP contribution >= 0.6 is 11.8 Å². The van der Waals surface area contributed by atoms with Crippen LogP contribution < -0.4 is 10.1 Å². The van der Waals surface area contributed by atoms with Crippen LogP contribution in [0.5, 0.6) is 5.75 Å². The normalized spacial score (nSPS) is 17.9. The first kappa shape index (κ1) is 15.7. The lowest BCUT2D eigenvalue weighted by molar-refractivity contribution is 0.375. The van der Waals surface area contributed by atoms with Gasteiger partial charge in [0.25, 0.3) is 0 Å². The topological polar surface area (TPSA) is 21.3 Å². The Bertz CT molecular complexity index is 427. The second kappa shape index (κ2) is 7.37. The Morgan fingerprint density at radius 1 is 1.25 bits per heavy atom. The molecule has 0 unspecified atom stereocenters. The van der Waals surface area contributed by atoms with Crippen molar-refractivity contribution in [3.63, 3.8) is 0 Å². The van der Waals surface area contributed by atoms with Crippen molar-refractivity contribution in [1.29, 1.82) is 0 Å². The van der Waals surface area contributed by atoms with Crippen molar-refractivity contribution in [2.24, 2.45) is 0 Å². The molecule has 1 aliphatic carbocycles. The number of thioether (sulfide) groups is 1. The lowest BCUT2D eigenvalue weighted by Crippen LogP contribution is -2.39. The minimum atomic E-state index is 0.454. The average Bonchev–Trinajstić information content (AvgIpc) is 2.48. The largest absolute Gasteiger partial charge is 0.496 e. The molecular weight excluding hydrogens is 266 g/mol. The van der Waals surface area contributed by atoms with Gasteiger partial charge in [0.05, 0.1) is 7.11 Å². The molecule has 0 heterocycles. The van der Waals surface area contributed by atoms with Gasteiger partial charge in [-0.1, -0.05) is 37.0 Å². The molecule has 0 amide bonds. The Kier molecular flexibility index (Phi) is 5.79. The van der Waals surface area contributed by atoms with Crippen LogP contribution in [0.3, 0.4) is 0 Å². The molecular formula is C17H27NOS. The number of methoxy groups -OCH3 is 1. The number of benzene rings is 1. The Morgan fingerprint density at radius 3 is 2.65 bits per heavy atom. The van der Waals surface area contributed by atoms with Gasteiger partial charge in [0.1, 0.15) is 5.75 Å². The predicted molar refractivity (Wildman–Crippen MR) is 88.8 cm³/mol. The van der Waals surface area contributed by atoms with E-state index in [-0.39, 0.29) is 0 Å². The highest BCUT2D eigenvalue weighted by atomic mass is 32.2. The van der Waals surface area contributed by atoms with Crippen molar-refractivity contribution >= 4 is 11.8 Å². The summed E-state index contributed by atoms with van der Waals surface area (Å²) in [4.78, 5) is 0. The van der Waals surface area contributed by atoms with Gasteiger partial charge in [0, 0.05) is 23.4 Å². The van der Waals surface area contributed by atoms with Gasteiger partial charge >= 0.3 is 0 Å². The summed E-state index contributed by atoms with van der Waals surface area (Å²) in [5, 5.41) is 3.66. The van der Waals surface area contributed by atoms with Crippen molar-refractivity contribution in [3.05, 3.63) is 29.3 Å². The third-order valence-electron chi connectivity index (χ3n) is 4.40. The zero-order valence-electron chi connectivity index (χ0n) is 13.0. The van der Waals surface area contributed by atoms with Crippen LogP contribution in [-0.2, 0) is 6.54 Å². The van der Waals surface area contributed by atoms with Crippen molar-refractivity contribution in [3.8, 4) is 5.75 Å². The maximum Gasteiger partial charge on any atom is 0.123 e. The van der Waals surface area contributed by atoms with E-state index in [9.17, 15) is 0 Å². The summed E-state index contributed by atoms with van der Waals surface area (Å²) in [5.41, 5.74) is 2.56. The fourth-order valence-corrected chi connectivity index (χ4v) is 4.06. The molecule has 20 heavy (non-hydrogen) atoms. The first-order valence-corrected chi connectivity index (χ1v) is 8.81. The summed E-state index contributed by atoms with van der Waals surface area (Å²) in [5.74, 6) is 0.991. The van der Waals surface area contributed by atoms with E-state index in [0.29, 0.717) is 4.75 Å². The van der Waals surface area contributed by atoms with E-state index in [4.69, 9.17) is 4.74 Å². The quantitative estimate of drug-likeness (QED) is 0.851. The third kappa shape index (κ3) is 3.92. The van der Waals surface area contributed by atoms with Gasteiger partial charge in [-0.25, -0.2) is 0 Å². The van der Waals surface area contributed by atoms with Gasteiger partial charge in [-0.05, 0) is 32.1 Å². The molecule has 1 fully saturated rings. The summed E-state index contributed by atoms with van der Waals surface area (Å²) in [6.07, 6.45) is 9.15. The molecule has 3 heteroatoms. The second-order valence-electron chi connectivity index (χ2n) is 5.87. The van der Waals surface area contributed by atoms with E-state index >= 15 is 0 Å². The van der Waals surface area contributed by atoms with Gasteiger partial charge < -0.3 is 10.1 Å². The van der Waals surface area contributed by atoms with Crippen molar-refractivity contribution < 1.29 is 4.74 Å². The van der Waals surface area contributed by atoms with Crippen molar-refractivity contribution in [2.45, 2.75) is 50.3 Å². The molecule has 0 bridgehead atoms. The van der Waals surface area contributed by atoms with Crippen molar-refractivity contribution in [1.82, 2.24) is 5.32 Å². The Hall–Kier alpha value is -0.670. The molecule has 1 saturated carbocycles. The zero-order valence-corrected chi connectivity index (χ0v) is 13.8. The molecule has 1 aliphatic rings. The van der Waals surface area contributed by atoms with Crippen LogP contribution in [0.1, 0.15) is 43.2 Å². The number of rotatable bonds is 6. The van der Waals surface area contributed by atoms with Crippen LogP contribution in [0.2, 0.25) is 0 Å². The first-order chi connectivity index (χ1) is 9.69. The molecule has 1 N–H and O–H groups in total. The van der Waals surface area contributed by atoms with Gasteiger partial charge in [-0.2, -0.15) is 11.8 Å². The fraction of sp³-hybridized carbons (Fsp3) is 0.647. The molecule has 0 radical (unpaired) electrons. The second-order valence-corrected chi connectivity index (χ2v) is 7.14. The van der Waals surface area contributed by atoms with Gasteiger partial charge in [-0.15, -0.1) is 0 Å².